The van der Waals surface area contributed by atoms with E-state index in [9.17, 15) is 0 Å². The molecule has 6 heteroatoms. The molecule has 1 unspecified atom stereocenters. The van der Waals surface area contributed by atoms with Gasteiger partial charge in [-0.05, 0) is 37.0 Å². The van der Waals surface area contributed by atoms with E-state index in [1.54, 1.807) is 7.05 Å². The molecule has 1 aromatic rings. The summed E-state index contributed by atoms with van der Waals surface area (Å²) >= 11 is 0. The maximum absolute atomic E-state index is 5.60. The van der Waals surface area contributed by atoms with Crippen molar-refractivity contribution in [3.05, 3.63) is 29.8 Å². The van der Waals surface area contributed by atoms with Gasteiger partial charge in [-0.1, -0.05) is 12.1 Å². The highest BCUT2D eigenvalue weighted by Crippen LogP contribution is 2.12. The number of guanidine groups is 1. The highest BCUT2D eigenvalue weighted by atomic mass is 127. The van der Waals surface area contributed by atoms with E-state index < -0.39 is 0 Å². The fraction of sp³-hybridized carbons (Fsp3) is 0.588. The minimum atomic E-state index is 0. The number of benzene rings is 1. The van der Waals surface area contributed by atoms with E-state index in [4.69, 9.17) is 4.74 Å². The maximum Gasteiger partial charge on any atom is 0.191 e. The van der Waals surface area contributed by atoms with E-state index in [1.165, 1.54) is 17.7 Å². The lowest BCUT2D eigenvalue weighted by molar-refractivity contribution is 0.114. The van der Waals surface area contributed by atoms with Gasteiger partial charge < -0.3 is 20.3 Å². The Balaban J connectivity index is 0.00000264. The Morgan fingerprint density at radius 2 is 2.00 bits per heavy atom. The van der Waals surface area contributed by atoms with Gasteiger partial charge in [0.05, 0.1) is 6.10 Å². The molecule has 0 amide bonds. The monoisotopic (exact) mass is 432 g/mol. The number of nitrogens with one attached hydrogen (secondary N) is 2. The van der Waals surface area contributed by atoms with E-state index in [-0.39, 0.29) is 24.0 Å². The second-order valence-corrected chi connectivity index (χ2v) is 5.83. The van der Waals surface area contributed by atoms with Gasteiger partial charge in [0.15, 0.2) is 5.96 Å². The van der Waals surface area contributed by atoms with Crippen molar-refractivity contribution in [3.63, 3.8) is 0 Å². The smallest absolute Gasteiger partial charge is 0.191 e. The molecule has 1 saturated heterocycles. The average molecular weight is 432 g/mol. The van der Waals surface area contributed by atoms with Gasteiger partial charge in [0.2, 0.25) is 0 Å². The maximum atomic E-state index is 5.60. The Bertz CT molecular complexity index is 470. The first-order chi connectivity index (χ1) is 10.7. The summed E-state index contributed by atoms with van der Waals surface area (Å²) in [7, 11) is 5.91. The quantitative estimate of drug-likeness (QED) is 0.412. The highest BCUT2D eigenvalue weighted by molar-refractivity contribution is 14.0. The number of anilines is 1. The predicted molar refractivity (Wildman–Crippen MR) is 108 cm³/mol. The topological polar surface area (TPSA) is 48.9 Å². The lowest BCUT2D eigenvalue weighted by Crippen LogP contribution is -2.41. The normalized spacial score (nSPS) is 17.5. The van der Waals surface area contributed by atoms with Crippen LogP contribution in [0.4, 0.5) is 5.69 Å². The van der Waals surface area contributed by atoms with Gasteiger partial charge in [0.25, 0.3) is 0 Å². The molecule has 23 heavy (non-hydrogen) atoms. The van der Waals surface area contributed by atoms with Crippen molar-refractivity contribution >= 4 is 35.6 Å². The lowest BCUT2D eigenvalue weighted by atomic mass is 10.1. The van der Waals surface area contributed by atoms with Crippen molar-refractivity contribution < 1.29 is 4.74 Å². The van der Waals surface area contributed by atoms with Gasteiger partial charge in [-0.3, -0.25) is 4.99 Å². The molecule has 5 nitrogen and oxygen atoms in total. The minimum Gasteiger partial charge on any atom is -0.378 e. The first-order valence-corrected chi connectivity index (χ1v) is 8.01. The third-order valence-electron chi connectivity index (χ3n) is 3.90. The average Bonchev–Trinajstić information content (AvgIpc) is 3.04. The molecule has 1 aliphatic rings. The predicted octanol–water partition coefficient (Wildman–Crippen LogP) is 2.26. The van der Waals surface area contributed by atoms with Crippen LogP contribution in [-0.4, -0.2) is 52.9 Å². The van der Waals surface area contributed by atoms with Crippen LogP contribution < -0.4 is 15.5 Å². The fourth-order valence-corrected chi connectivity index (χ4v) is 2.52. The van der Waals surface area contributed by atoms with E-state index in [0.717, 1.165) is 38.5 Å². The molecule has 0 bridgehead atoms. The van der Waals surface area contributed by atoms with Crippen LogP contribution in [0.15, 0.2) is 29.3 Å². The van der Waals surface area contributed by atoms with Crippen LogP contribution in [0.2, 0.25) is 0 Å². The van der Waals surface area contributed by atoms with Crippen LogP contribution in [0.1, 0.15) is 18.4 Å². The number of hydrogen-bond donors (Lipinski definition) is 2. The zero-order valence-corrected chi connectivity index (χ0v) is 16.7. The van der Waals surface area contributed by atoms with Crippen molar-refractivity contribution in [3.8, 4) is 0 Å². The zero-order chi connectivity index (χ0) is 15.8. The Kier molecular flexibility index (Phi) is 9.31. The summed E-state index contributed by atoms with van der Waals surface area (Å²) in [5.41, 5.74) is 2.55. The first-order valence-electron chi connectivity index (χ1n) is 8.01. The zero-order valence-electron chi connectivity index (χ0n) is 14.3. The third kappa shape index (κ3) is 6.95. The summed E-state index contributed by atoms with van der Waals surface area (Å²) in [4.78, 5) is 6.36. The Morgan fingerprint density at radius 3 is 2.57 bits per heavy atom. The molecule has 0 saturated carbocycles. The summed E-state index contributed by atoms with van der Waals surface area (Å²) < 4.78 is 5.60. The Labute approximate surface area is 156 Å². The van der Waals surface area contributed by atoms with Gasteiger partial charge >= 0.3 is 0 Å². The van der Waals surface area contributed by atoms with Crippen molar-refractivity contribution in [1.82, 2.24) is 10.6 Å². The molecule has 1 atom stereocenters. The molecule has 2 rings (SSSR count). The molecule has 1 aliphatic heterocycles. The summed E-state index contributed by atoms with van der Waals surface area (Å²) in [5.74, 6) is 0.848. The summed E-state index contributed by atoms with van der Waals surface area (Å²) in [6.07, 6.45) is 3.62. The molecule has 1 heterocycles. The van der Waals surface area contributed by atoms with Crippen LogP contribution in [0.5, 0.6) is 0 Å². The number of hydrogen-bond acceptors (Lipinski definition) is 3. The van der Waals surface area contributed by atoms with Crippen LogP contribution in [0, 0.1) is 0 Å². The Morgan fingerprint density at radius 1 is 1.26 bits per heavy atom. The van der Waals surface area contributed by atoms with Gasteiger partial charge in [-0.25, -0.2) is 0 Å². The molecule has 0 spiro atoms. The van der Waals surface area contributed by atoms with Crippen LogP contribution in [0.3, 0.4) is 0 Å². The lowest BCUT2D eigenvalue weighted by Gasteiger charge is -2.15. The van der Waals surface area contributed by atoms with Gasteiger partial charge in [0, 0.05) is 46.5 Å². The Hall–Kier alpha value is -1.02. The number of aliphatic imine (C=N–C) groups is 1. The summed E-state index contributed by atoms with van der Waals surface area (Å²) in [6, 6.07) is 8.67. The number of ether oxygens (including phenoxy) is 1. The molecular weight excluding hydrogens is 403 g/mol. The molecule has 1 aromatic carbocycles. The summed E-state index contributed by atoms with van der Waals surface area (Å²) in [5, 5.41) is 6.68. The summed E-state index contributed by atoms with van der Waals surface area (Å²) in [6.45, 7) is 2.59. The molecule has 130 valence electrons. The van der Waals surface area contributed by atoms with E-state index >= 15 is 0 Å². The molecule has 0 aromatic heterocycles. The number of halogens is 1. The van der Waals surface area contributed by atoms with Crippen LogP contribution in [0.25, 0.3) is 0 Å². The van der Waals surface area contributed by atoms with Crippen LogP contribution >= 0.6 is 24.0 Å². The van der Waals surface area contributed by atoms with Crippen LogP contribution in [-0.2, 0) is 11.2 Å². The molecular formula is C17H29IN4O. The minimum absolute atomic E-state index is 0. The second kappa shape index (κ2) is 10.7. The van der Waals surface area contributed by atoms with Crippen molar-refractivity contribution in [2.75, 3.05) is 45.7 Å². The standard InChI is InChI=1S/C17H28N4O.HI/c1-18-17(20-13-16-5-4-12-22-16)19-11-10-14-6-8-15(9-7-14)21(2)3;/h6-9,16H,4-5,10-13H2,1-3H3,(H2,18,19,20);1H. The molecule has 0 aliphatic carbocycles. The van der Waals surface area contributed by atoms with Gasteiger partial charge in [-0.15, -0.1) is 24.0 Å². The van der Waals surface area contributed by atoms with Crippen molar-refractivity contribution in [2.45, 2.75) is 25.4 Å². The first kappa shape index (κ1) is 20.0. The fourth-order valence-electron chi connectivity index (χ4n) is 2.52. The second-order valence-electron chi connectivity index (χ2n) is 5.83. The van der Waals surface area contributed by atoms with E-state index in [2.05, 4.69) is 58.9 Å². The van der Waals surface area contributed by atoms with Gasteiger partial charge in [0.1, 0.15) is 0 Å². The van der Waals surface area contributed by atoms with Crippen molar-refractivity contribution in [1.29, 1.82) is 0 Å². The molecule has 0 radical (unpaired) electrons. The van der Waals surface area contributed by atoms with Gasteiger partial charge in [-0.2, -0.15) is 0 Å². The van der Waals surface area contributed by atoms with E-state index in [0.29, 0.717) is 6.10 Å². The largest absolute Gasteiger partial charge is 0.378 e. The highest BCUT2D eigenvalue weighted by Gasteiger charge is 2.15. The number of nitrogens with zero attached hydrogens (tertiary/aromatic N) is 2. The molecule has 1 fully saturated rings. The van der Waals surface area contributed by atoms with E-state index in [1.807, 2.05) is 0 Å². The number of rotatable bonds is 6. The molecule has 2 N–H and O–H groups in total. The van der Waals surface area contributed by atoms with Crippen molar-refractivity contribution in [2.24, 2.45) is 4.99 Å². The third-order valence-corrected chi connectivity index (χ3v) is 3.90. The SMILES string of the molecule is CN=C(NCCc1ccc(N(C)C)cc1)NCC1CCCO1.I.